The number of nitrogens with zero attached hydrogens (tertiary/aromatic N) is 5. The van der Waals surface area contributed by atoms with Crippen LogP contribution < -0.4 is 9.64 Å². The third-order valence-corrected chi connectivity index (χ3v) is 5.82. The number of halogens is 1. The number of carbonyl (C=O) groups is 1. The average Bonchev–Trinajstić information content (AvgIpc) is 3.20. The Morgan fingerprint density at radius 2 is 2.03 bits per heavy atom. The van der Waals surface area contributed by atoms with Gasteiger partial charge in [0.2, 0.25) is 5.91 Å². The first-order chi connectivity index (χ1) is 14.5. The van der Waals surface area contributed by atoms with Crippen molar-refractivity contribution >= 4 is 11.7 Å². The van der Waals surface area contributed by atoms with Crippen LogP contribution in [-0.2, 0) is 17.8 Å². The fourth-order valence-corrected chi connectivity index (χ4v) is 4.08. The minimum atomic E-state index is -0.261. The van der Waals surface area contributed by atoms with E-state index in [1.165, 1.54) is 23.4 Å². The van der Waals surface area contributed by atoms with E-state index in [9.17, 15) is 9.18 Å². The number of nitrogens with one attached hydrogen (secondary N) is 1. The van der Waals surface area contributed by atoms with Crippen LogP contribution in [0, 0.1) is 19.7 Å². The molecule has 1 aromatic carbocycles. The first-order valence-electron chi connectivity index (χ1n) is 10.1. The van der Waals surface area contributed by atoms with E-state index in [0.717, 1.165) is 35.6 Å². The van der Waals surface area contributed by atoms with Crippen LogP contribution in [0.25, 0.3) is 5.78 Å². The van der Waals surface area contributed by atoms with Crippen LogP contribution in [-0.4, -0.2) is 63.7 Å². The van der Waals surface area contributed by atoms with E-state index in [2.05, 4.69) is 15.1 Å². The molecular weight excluding hydrogens is 387 g/mol. The molecule has 0 atom stereocenters. The standard InChI is InChI=1S/C21H25FN6O2/c1-14-18(15(2)28-21(25-14)23-13-24-28)11-20(29)27-8-6-26(7-9-27)12-16-10-17(22)4-5-19(16)30-3/h4-5,10,13H,6-9,11-12H2,1-3H3/p+1. The number of rotatable bonds is 5. The van der Waals surface area contributed by atoms with Gasteiger partial charge in [-0.1, -0.05) is 0 Å². The maximum absolute atomic E-state index is 13.6. The van der Waals surface area contributed by atoms with Gasteiger partial charge in [-0.15, -0.1) is 0 Å². The topological polar surface area (TPSA) is 77.1 Å². The number of aryl methyl sites for hydroxylation is 2. The Morgan fingerprint density at radius 3 is 2.77 bits per heavy atom. The molecule has 3 aromatic rings. The summed E-state index contributed by atoms with van der Waals surface area (Å²) in [5, 5.41) is 4.19. The highest BCUT2D eigenvalue weighted by atomic mass is 19.1. The predicted molar refractivity (Wildman–Crippen MR) is 108 cm³/mol. The number of amides is 1. The van der Waals surface area contributed by atoms with E-state index in [4.69, 9.17) is 4.74 Å². The summed E-state index contributed by atoms with van der Waals surface area (Å²) in [5.41, 5.74) is 3.46. The van der Waals surface area contributed by atoms with E-state index in [0.29, 0.717) is 37.6 Å². The van der Waals surface area contributed by atoms with Crippen LogP contribution in [0.2, 0.25) is 0 Å². The third kappa shape index (κ3) is 3.97. The normalized spacial score (nSPS) is 15.0. The molecule has 4 rings (SSSR count). The Bertz CT molecular complexity index is 1070. The number of carbonyl (C=O) groups excluding carboxylic acids is 1. The van der Waals surface area contributed by atoms with Crippen LogP contribution in [0.1, 0.15) is 22.5 Å². The molecule has 0 aliphatic carbocycles. The summed E-state index contributed by atoms with van der Waals surface area (Å²) >= 11 is 0. The number of hydrogen-bond acceptors (Lipinski definition) is 5. The number of benzene rings is 1. The minimum Gasteiger partial charge on any atom is -0.496 e. The second kappa shape index (κ2) is 8.35. The molecule has 3 heterocycles. The molecule has 8 nitrogen and oxygen atoms in total. The first-order valence-corrected chi connectivity index (χ1v) is 10.1. The first kappa shape index (κ1) is 20.2. The zero-order chi connectivity index (χ0) is 21.3. The predicted octanol–water partition coefficient (Wildman–Crippen LogP) is 0.359. The van der Waals surface area contributed by atoms with Gasteiger partial charge in [-0.25, -0.2) is 13.9 Å². The molecule has 1 N–H and O–H groups in total. The number of fused-ring (bicyclic) bond motifs is 1. The molecule has 1 aliphatic rings. The van der Waals surface area contributed by atoms with Gasteiger partial charge in [0.25, 0.3) is 5.78 Å². The fraction of sp³-hybridized carbons (Fsp3) is 0.429. The van der Waals surface area contributed by atoms with Crippen molar-refractivity contribution in [1.29, 1.82) is 0 Å². The van der Waals surface area contributed by atoms with E-state index in [1.807, 2.05) is 18.7 Å². The second-order valence-electron chi connectivity index (χ2n) is 7.67. The largest absolute Gasteiger partial charge is 0.496 e. The Morgan fingerprint density at radius 1 is 1.27 bits per heavy atom. The maximum atomic E-state index is 13.6. The fourth-order valence-electron chi connectivity index (χ4n) is 4.08. The minimum absolute atomic E-state index is 0.0878. The second-order valence-corrected chi connectivity index (χ2v) is 7.67. The summed E-state index contributed by atoms with van der Waals surface area (Å²) in [4.78, 5) is 24.7. The SMILES string of the molecule is COc1ccc(F)cc1C[NH+]1CCN(C(=O)Cc2c(C)nc3ncnn3c2C)CC1. The number of ether oxygens (including phenoxy) is 1. The Kier molecular flexibility index (Phi) is 5.63. The van der Waals surface area contributed by atoms with Crippen molar-refractivity contribution < 1.29 is 18.8 Å². The number of aromatic nitrogens is 4. The Hall–Kier alpha value is -3.07. The molecule has 0 unspecified atom stereocenters. The molecule has 0 radical (unpaired) electrons. The lowest BCUT2D eigenvalue weighted by Gasteiger charge is -2.32. The molecule has 1 aliphatic heterocycles. The lowest BCUT2D eigenvalue weighted by Crippen LogP contribution is -3.13. The summed E-state index contributed by atoms with van der Waals surface area (Å²) in [6.07, 6.45) is 1.77. The molecule has 9 heteroatoms. The van der Waals surface area contributed by atoms with Gasteiger partial charge in [-0.3, -0.25) is 4.79 Å². The van der Waals surface area contributed by atoms with Crippen LogP contribution >= 0.6 is 0 Å². The smallest absolute Gasteiger partial charge is 0.252 e. The molecule has 0 saturated carbocycles. The molecule has 158 valence electrons. The van der Waals surface area contributed by atoms with E-state index in [1.54, 1.807) is 17.7 Å². The highest BCUT2D eigenvalue weighted by Gasteiger charge is 2.26. The summed E-state index contributed by atoms with van der Waals surface area (Å²) < 4.78 is 20.6. The van der Waals surface area contributed by atoms with Crippen molar-refractivity contribution in [2.24, 2.45) is 0 Å². The Balaban J connectivity index is 1.39. The van der Waals surface area contributed by atoms with Gasteiger partial charge >= 0.3 is 0 Å². The van der Waals surface area contributed by atoms with Crippen molar-refractivity contribution in [1.82, 2.24) is 24.5 Å². The van der Waals surface area contributed by atoms with Crippen LogP contribution in [0.5, 0.6) is 5.75 Å². The van der Waals surface area contributed by atoms with Crippen molar-refractivity contribution in [3.8, 4) is 5.75 Å². The molecule has 30 heavy (non-hydrogen) atoms. The summed E-state index contributed by atoms with van der Waals surface area (Å²) in [6, 6.07) is 4.60. The zero-order valence-electron chi connectivity index (χ0n) is 17.5. The molecule has 1 amide bonds. The van der Waals surface area contributed by atoms with E-state index in [-0.39, 0.29) is 11.7 Å². The summed E-state index contributed by atoms with van der Waals surface area (Å²) in [7, 11) is 1.60. The summed E-state index contributed by atoms with van der Waals surface area (Å²) in [5.74, 6) is 1.07. The van der Waals surface area contributed by atoms with Crippen LogP contribution in [0.3, 0.4) is 0 Å². The lowest BCUT2D eigenvalue weighted by molar-refractivity contribution is -0.917. The quantitative estimate of drug-likeness (QED) is 0.654. The van der Waals surface area contributed by atoms with Gasteiger partial charge in [0.05, 0.1) is 45.3 Å². The van der Waals surface area contributed by atoms with Crippen molar-refractivity contribution in [2.45, 2.75) is 26.8 Å². The highest BCUT2D eigenvalue weighted by molar-refractivity contribution is 5.79. The number of hydrogen-bond donors (Lipinski definition) is 1. The lowest BCUT2D eigenvalue weighted by atomic mass is 10.1. The van der Waals surface area contributed by atoms with Gasteiger partial charge in [-0.05, 0) is 32.0 Å². The van der Waals surface area contributed by atoms with Crippen molar-refractivity contribution in [3.05, 3.63) is 52.9 Å². The number of methoxy groups -OCH3 is 1. The highest BCUT2D eigenvalue weighted by Crippen LogP contribution is 2.18. The summed E-state index contributed by atoms with van der Waals surface area (Å²) in [6.45, 7) is 7.47. The molecule has 2 aromatic heterocycles. The van der Waals surface area contributed by atoms with E-state index < -0.39 is 0 Å². The van der Waals surface area contributed by atoms with Gasteiger partial charge in [0.1, 0.15) is 24.4 Å². The van der Waals surface area contributed by atoms with Gasteiger partial charge in [0, 0.05) is 17.0 Å². The molecule has 1 saturated heterocycles. The van der Waals surface area contributed by atoms with Gasteiger partial charge in [-0.2, -0.15) is 10.1 Å². The van der Waals surface area contributed by atoms with Crippen molar-refractivity contribution in [3.63, 3.8) is 0 Å². The molecule has 0 spiro atoms. The molecule has 0 bridgehead atoms. The number of piperazine rings is 1. The molecular formula is C21H26FN6O2+. The van der Waals surface area contributed by atoms with Crippen LogP contribution in [0.4, 0.5) is 4.39 Å². The molecule has 1 fully saturated rings. The van der Waals surface area contributed by atoms with Crippen LogP contribution in [0.15, 0.2) is 24.5 Å². The maximum Gasteiger partial charge on any atom is 0.252 e. The van der Waals surface area contributed by atoms with Gasteiger partial charge < -0.3 is 14.5 Å². The number of quaternary nitrogens is 1. The average molecular weight is 413 g/mol. The van der Waals surface area contributed by atoms with E-state index >= 15 is 0 Å². The monoisotopic (exact) mass is 413 g/mol. The third-order valence-electron chi connectivity index (χ3n) is 5.82. The Labute approximate surface area is 174 Å². The van der Waals surface area contributed by atoms with Crippen molar-refractivity contribution in [2.75, 3.05) is 33.3 Å². The van der Waals surface area contributed by atoms with Gasteiger partial charge in [0.15, 0.2) is 0 Å². The zero-order valence-corrected chi connectivity index (χ0v) is 17.5.